The van der Waals surface area contributed by atoms with Crippen LogP contribution in [0.2, 0.25) is 0 Å². The highest BCUT2D eigenvalue weighted by Crippen LogP contribution is 2.33. The molecular weight excluding hydrogens is 398 g/mol. The van der Waals surface area contributed by atoms with Gasteiger partial charge in [-0.2, -0.15) is 0 Å². The second kappa shape index (κ2) is 9.51. The van der Waals surface area contributed by atoms with Crippen molar-refractivity contribution in [3.8, 4) is 17.2 Å². The van der Waals surface area contributed by atoms with Crippen LogP contribution in [0.25, 0.3) is 0 Å². The van der Waals surface area contributed by atoms with Crippen LogP contribution in [0.3, 0.4) is 0 Å². The molecule has 158 valence electrons. The van der Waals surface area contributed by atoms with Crippen LogP contribution in [0.1, 0.15) is 20.9 Å². The van der Waals surface area contributed by atoms with Crippen molar-refractivity contribution in [1.82, 2.24) is 4.90 Å². The molecular formula is C24H27NO4S. The lowest BCUT2D eigenvalue weighted by atomic mass is 10.1. The number of aliphatic hydroxyl groups is 1. The number of aryl methyl sites for hydroxylation is 2. The maximum Gasteiger partial charge on any atom is 0.231 e. The van der Waals surface area contributed by atoms with Gasteiger partial charge in [0.1, 0.15) is 18.5 Å². The average Bonchev–Trinajstić information content (AvgIpc) is 3.35. The van der Waals surface area contributed by atoms with Crippen LogP contribution in [-0.4, -0.2) is 36.1 Å². The number of hydrogen-bond donors (Lipinski definition) is 1. The Bertz CT molecular complexity index is 987. The van der Waals surface area contributed by atoms with E-state index < -0.39 is 6.10 Å². The third-order valence-corrected chi connectivity index (χ3v) is 6.00. The van der Waals surface area contributed by atoms with Crippen molar-refractivity contribution in [3.05, 3.63) is 75.5 Å². The number of aliphatic hydroxyl groups excluding tert-OH is 1. The van der Waals surface area contributed by atoms with Gasteiger partial charge >= 0.3 is 0 Å². The molecule has 0 aliphatic carbocycles. The molecule has 4 rings (SSSR count). The van der Waals surface area contributed by atoms with Crippen molar-refractivity contribution in [2.45, 2.75) is 33.0 Å². The summed E-state index contributed by atoms with van der Waals surface area (Å²) in [5.74, 6) is 2.38. The molecule has 1 aromatic heterocycles. The molecule has 0 saturated carbocycles. The van der Waals surface area contributed by atoms with Gasteiger partial charge in [0.05, 0.1) is 0 Å². The molecule has 0 bridgehead atoms. The number of para-hydroxylation sites is 1. The van der Waals surface area contributed by atoms with E-state index in [4.69, 9.17) is 14.2 Å². The molecule has 1 atom stereocenters. The lowest BCUT2D eigenvalue weighted by Gasteiger charge is -2.25. The summed E-state index contributed by atoms with van der Waals surface area (Å²) in [6.07, 6.45) is -0.598. The van der Waals surface area contributed by atoms with Crippen LogP contribution in [-0.2, 0) is 13.1 Å². The molecule has 0 fully saturated rings. The molecule has 0 spiro atoms. The van der Waals surface area contributed by atoms with Crippen molar-refractivity contribution in [1.29, 1.82) is 0 Å². The zero-order valence-corrected chi connectivity index (χ0v) is 18.2. The number of thiophene rings is 1. The van der Waals surface area contributed by atoms with Crippen LogP contribution in [0.4, 0.5) is 0 Å². The number of benzene rings is 2. The van der Waals surface area contributed by atoms with Crippen LogP contribution in [0.15, 0.2) is 54.6 Å². The fourth-order valence-electron chi connectivity index (χ4n) is 3.53. The van der Waals surface area contributed by atoms with Gasteiger partial charge in [-0.15, -0.1) is 11.3 Å². The Morgan fingerprint density at radius 1 is 1.03 bits per heavy atom. The molecule has 1 aliphatic heterocycles. The highest BCUT2D eigenvalue weighted by molar-refractivity contribution is 7.11. The zero-order chi connectivity index (χ0) is 20.9. The van der Waals surface area contributed by atoms with Crippen LogP contribution < -0.4 is 14.2 Å². The van der Waals surface area contributed by atoms with Crippen LogP contribution >= 0.6 is 11.3 Å². The Morgan fingerprint density at radius 3 is 2.67 bits per heavy atom. The van der Waals surface area contributed by atoms with E-state index in [-0.39, 0.29) is 13.4 Å². The molecule has 0 unspecified atom stereocenters. The first-order chi connectivity index (χ1) is 14.6. The standard InChI is InChI=1S/C24H27NO4S/c1-17-5-3-4-6-22(17)27-15-20(26)13-25(14-21-9-7-18(2)30-21)12-19-8-10-23-24(11-19)29-16-28-23/h3-11,20,26H,12-16H2,1-2H3/t20-/m0/s1. The molecule has 0 saturated heterocycles. The molecule has 2 heterocycles. The number of nitrogens with zero attached hydrogens (tertiary/aromatic N) is 1. The van der Waals surface area contributed by atoms with Crippen molar-refractivity contribution in [2.75, 3.05) is 19.9 Å². The summed E-state index contributed by atoms with van der Waals surface area (Å²) in [5.41, 5.74) is 2.19. The van der Waals surface area contributed by atoms with E-state index in [1.54, 1.807) is 11.3 Å². The number of hydrogen-bond acceptors (Lipinski definition) is 6. The van der Waals surface area contributed by atoms with Gasteiger partial charge in [0, 0.05) is 29.4 Å². The number of fused-ring (bicyclic) bond motifs is 1. The monoisotopic (exact) mass is 425 g/mol. The third kappa shape index (κ3) is 5.33. The maximum absolute atomic E-state index is 10.7. The van der Waals surface area contributed by atoms with Gasteiger partial charge < -0.3 is 19.3 Å². The minimum Gasteiger partial charge on any atom is -0.491 e. The van der Waals surface area contributed by atoms with Gasteiger partial charge in [-0.25, -0.2) is 0 Å². The Morgan fingerprint density at radius 2 is 1.87 bits per heavy atom. The van der Waals surface area contributed by atoms with Crippen molar-refractivity contribution in [3.63, 3.8) is 0 Å². The molecule has 30 heavy (non-hydrogen) atoms. The van der Waals surface area contributed by atoms with Gasteiger partial charge in [0.15, 0.2) is 11.5 Å². The second-order valence-electron chi connectivity index (χ2n) is 7.60. The predicted molar refractivity (Wildman–Crippen MR) is 118 cm³/mol. The van der Waals surface area contributed by atoms with E-state index in [1.807, 2.05) is 43.3 Å². The van der Waals surface area contributed by atoms with Crippen molar-refractivity contribution in [2.24, 2.45) is 0 Å². The summed E-state index contributed by atoms with van der Waals surface area (Å²) >= 11 is 1.79. The Labute approximate surface area is 181 Å². The highest BCUT2D eigenvalue weighted by Gasteiger charge is 2.18. The second-order valence-corrected chi connectivity index (χ2v) is 8.97. The number of rotatable bonds is 9. The van der Waals surface area contributed by atoms with E-state index in [0.717, 1.165) is 34.9 Å². The van der Waals surface area contributed by atoms with Crippen LogP contribution in [0.5, 0.6) is 17.2 Å². The topological polar surface area (TPSA) is 51.2 Å². The van der Waals surface area contributed by atoms with Crippen LogP contribution in [0, 0.1) is 13.8 Å². The van der Waals surface area contributed by atoms with Gasteiger partial charge in [-0.3, -0.25) is 4.90 Å². The highest BCUT2D eigenvalue weighted by atomic mass is 32.1. The minimum atomic E-state index is -0.598. The van der Waals surface area contributed by atoms with E-state index in [1.165, 1.54) is 9.75 Å². The summed E-state index contributed by atoms with van der Waals surface area (Å²) in [6, 6.07) is 18.2. The van der Waals surface area contributed by atoms with E-state index in [0.29, 0.717) is 13.1 Å². The Kier molecular flexibility index (Phi) is 6.57. The first kappa shape index (κ1) is 20.7. The van der Waals surface area contributed by atoms with E-state index in [2.05, 4.69) is 30.0 Å². The fraction of sp³-hybridized carbons (Fsp3) is 0.333. The van der Waals surface area contributed by atoms with Gasteiger partial charge in [-0.1, -0.05) is 24.3 Å². The summed E-state index contributed by atoms with van der Waals surface area (Å²) < 4.78 is 16.8. The van der Waals surface area contributed by atoms with E-state index >= 15 is 0 Å². The predicted octanol–water partition coefficient (Wildman–Crippen LogP) is 4.54. The first-order valence-electron chi connectivity index (χ1n) is 10.1. The van der Waals surface area contributed by atoms with Crippen molar-refractivity contribution < 1.29 is 19.3 Å². The molecule has 1 N–H and O–H groups in total. The molecule has 3 aromatic rings. The third-order valence-electron chi connectivity index (χ3n) is 5.01. The lowest BCUT2D eigenvalue weighted by Crippen LogP contribution is -2.35. The summed E-state index contributed by atoms with van der Waals surface area (Å²) in [7, 11) is 0. The van der Waals surface area contributed by atoms with Gasteiger partial charge in [0.2, 0.25) is 6.79 Å². The normalized spacial score (nSPS) is 13.6. The Balaban J connectivity index is 1.42. The Hall–Kier alpha value is -2.54. The van der Waals surface area contributed by atoms with Gasteiger partial charge in [-0.05, 0) is 55.3 Å². The molecule has 6 heteroatoms. The summed E-state index contributed by atoms with van der Waals surface area (Å²) in [6.45, 7) is 6.63. The maximum atomic E-state index is 10.7. The molecule has 0 amide bonds. The fourth-order valence-corrected chi connectivity index (χ4v) is 4.46. The van der Waals surface area contributed by atoms with E-state index in [9.17, 15) is 5.11 Å². The zero-order valence-electron chi connectivity index (χ0n) is 17.3. The molecule has 1 aliphatic rings. The molecule has 2 aromatic carbocycles. The number of ether oxygens (including phenoxy) is 3. The smallest absolute Gasteiger partial charge is 0.231 e. The summed E-state index contributed by atoms with van der Waals surface area (Å²) in [4.78, 5) is 4.81. The largest absolute Gasteiger partial charge is 0.491 e. The lowest BCUT2D eigenvalue weighted by molar-refractivity contribution is 0.0629. The minimum absolute atomic E-state index is 0.256. The molecule has 0 radical (unpaired) electrons. The van der Waals surface area contributed by atoms with Crippen molar-refractivity contribution >= 4 is 11.3 Å². The van der Waals surface area contributed by atoms with Gasteiger partial charge in [0.25, 0.3) is 0 Å². The quantitative estimate of drug-likeness (QED) is 0.546. The average molecular weight is 426 g/mol. The first-order valence-corrected chi connectivity index (χ1v) is 10.9. The SMILES string of the molecule is Cc1ccc(CN(Cc2ccc3c(c2)OCO3)C[C@H](O)COc2ccccc2C)s1. The summed E-state index contributed by atoms with van der Waals surface area (Å²) in [5, 5.41) is 10.7. The molecule has 5 nitrogen and oxygen atoms in total.